The van der Waals surface area contributed by atoms with Crippen LogP contribution in [-0.2, 0) is 0 Å². The van der Waals surface area contributed by atoms with Crippen molar-refractivity contribution in [3.05, 3.63) is 164 Å². The zero-order chi connectivity index (χ0) is 37.5. The highest BCUT2D eigenvalue weighted by molar-refractivity contribution is 7.26. The molecule has 0 unspecified atom stereocenters. The van der Waals surface area contributed by atoms with Gasteiger partial charge in [0.05, 0.1) is 0 Å². The molecular formula is C49H27N5OS2. The average Bonchev–Trinajstić information content (AvgIpc) is 3.98. The van der Waals surface area contributed by atoms with E-state index in [1.54, 1.807) is 22.7 Å². The SMILES string of the molecule is c1ccc(-c2nc(-c3cccc4c3sc3ccccc34)nc(-c3cccc4sc5ccc(-c6nc(-c7ccccc7)nc7c6oc6ccccc67)cc5c34)n2)cc1. The number of hydrogen-bond acceptors (Lipinski definition) is 8. The van der Waals surface area contributed by atoms with Crippen molar-refractivity contribution >= 4 is 85.1 Å². The molecule has 7 aromatic carbocycles. The molecule has 0 amide bonds. The van der Waals surface area contributed by atoms with Crippen molar-refractivity contribution in [2.75, 3.05) is 0 Å². The predicted molar refractivity (Wildman–Crippen MR) is 236 cm³/mol. The molecule has 266 valence electrons. The molecule has 6 nitrogen and oxygen atoms in total. The minimum atomic E-state index is 0.626. The normalized spacial score (nSPS) is 11.9. The van der Waals surface area contributed by atoms with Gasteiger partial charge in [0.15, 0.2) is 28.9 Å². The van der Waals surface area contributed by atoms with Crippen LogP contribution in [0, 0.1) is 0 Å². The van der Waals surface area contributed by atoms with Crippen LogP contribution in [0.15, 0.2) is 168 Å². The van der Waals surface area contributed by atoms with Crippen LogP contribution in [0.1, 0.15) is 0 Å². The Kier molecular flexibility index (Phi) is 7.17. The summed E-state index contributed by atoms with van der Waals surface area (Å²) in [6.45, 7) is 0. The first-order valence-corrected chi connectivity index (χ1v) is 20.3. The van der Waals surface area contributed by atoms with Gasteiger partial charge in [0.25, 0.3) is 0 Å². The first-order valence-electron chi connectivity index (χ1n) is 18.7. The average molecular weight is 766 g/mol. The van der Waals surface area contributed by atoms with E-state index in [1.165, 1.54) is 15.5 Å². The van der Waals surface area contributed by atoms with E-state index in [0.717, 1.165) is 74.9 Å². The first kappa shape index (κ1) is 32.1. The number of rotatable bonds is 5. The Labute approximate surface area is 333 Å². The highest BCUT2D eigenvalue weighted by Gasteiger charge is 2.22. The van der Waals surface area contributed by atoms with Gasteiger partial charge in [-0.05, 0) is 42.5 Å². The van der Waals surface area contributed by atoms with Crippen LogP contribution >= 0.6 is 22.7 Å². The Morgan fingerprint density at radius 3 is 1.82 bits per heavy atom. The molecule has 5 heterocycles. The monoisotopic (exact) mass is 765 g/mol. The van der Waals surface area contributed by atoms with E-state index in [4.69, 9.17) is 29.3 Å². The molecule has 12 rings (SSSR count). The highest BCUT2D eigenvalue weighted by atomic mass is 32.1. The van der Waals surface area contributed by atoms with Crippen LogP contribution in [0.5, 0.6) is 0 Å². The number of nitrogens with zero attached hydrogens (tertiary/aromatic N) is 5. The quantitative estimate of drug-likeness (QED) is 0.174. The smallest absolute Gasteiger partial charge is 0.180 e. The third kappa shape index (κ3) is 5.19. The lowest BCUT2D eigenvalue weighted by molar-refractivity contribution is 0.667. The van der Waals surface area contributed by atoms with E-state index in [2.05, 4.69) is 97.1 Å². The summed E-state index contributed by atoms with van der Waals surface area (Å²) in [6.07, 6.45) is 0. The van der Waals surface area contributed by atoms with Gasteiger partial charge < -0.3 is 4.42 Å². The summed E-state index contributed by atoms with van der Waals surface area (Å²) in [5.74, 6) is 2.56. The van der Waals surface area contributed by atoms with Gasteiger partial charge in [0, 0.05) is 73.5 Å². The molecule has 8 heteroatoms. The number of hydrogen-bond donors (Lipinski definition) is 0. The molecule has 0 fully saturated rings. The molecule has 0 aliphatic carbocycles. The van der Waals surface area contributed by atoms with E-state index in [0.29, 0.717) is 28.9 Å². The lowest BCUT2D eigenvalue weighted by Crippen LogP contribution is -2.00. The Morgan fingerprint density at radius 2 is 1.00 bits per heavy atom. The van der Waals surface area contributed by atoms with Gasteiger partial charge in [-0.1, -0.05) is 121 Å². The number of fused-ring (bicyclic) bond motifs is 9. The number of furan rings is 1. The van der Waals surface area contributed by atoms with E-state index in [9.17, 15) is 0 Å². The fourth-order valence-corrected chi connectivity index (χ4v) is 10.2. The van der Waals surface area contributed by atoms with Gasteiger partial charge in [-0.3, -0.25) is 0 Å². The number of para-hydroxylation sites is 1. The standard InChI is InChI=1S/C49H27N5OS2/c1-3-13-28(14-4-1)46-50-42(44-43(51-46)33-18-7-9-22-37(33)55-44)30-25-26-39-36(27-30)41-34(20-12-24-40(41)56-39)48-52-47(29-15-5-2-6-16-29)53-49(54-48)35-21-11-19-32-31-17-8-10-23-38(31)57-45(32)35/h1-27H. The summed E-state index contributed by atoms with van der Waals surface area (Å²) in [5.41, 5.74) is 7.75. The zero-order valence-corrected chi connectivity index (χ0v) is 31.7. The van der Waals surface area contributed by atoms with Crippen molar-refractivity contribution in [3.63, 3.8) is 0 Å². The minimum Gasteiger partial charge on any atom is -0.452 e. The minimum absolute atomic E-state index is 0.626. The van der Waals surface area contributed by atoms with Gasteiger partial charge in [-0.15, -0.1) is 22.7 Å². The first-order chi connectivity index (χ1) is 28.2. The topological polar surface area (TPSA) is 77.6 Å². The van der Waals surface area contributed by atoms with E-state index < -0.39 is 0 Å². The predicted octanol–water partition coefficient (Wildman–Crippen LogP) is 13.6. The molecule has 12 aromatic rings. The summed E-state index contributed by atoms with van der Waals surface area (Å²) in [7, 11) is 0. The lowest BCUT2D eigenvalue weighted by Gasteiger charge is -2.10. The Hall–Kier alpha value is -7.13. The van der Waals surface area contributed by atoms with Crippen LogP contribution in [0.4, 0.5) is 0 Å². The van der Waals surface area contributed by atoms with Gasteiger partial charge in [-0.25, -0.2) is 24.9 Å². The third-order valence-corrected chi connectivity index (χ3v) is 12.9. The van der Waals surface area contributed by atoms with Crippen molar-refractivity contribution in [1.29, 1.82) is 0 Å². The van der Waals surface area contributed by atoms with Gasteiger partial charge >= 0.3 is 0 Å². The maximum atomic E-state index is 6.51. The molecule has 0 radical (unpaired) electrons. The molecule has 0 N–H and O–H groups in total. The molecule has 57 heavy (non-hydrogen) atoms. The summed E-state index contributed by atoms with van der Waals surface area (Å²) >= 11 is 3.54. The summed E-state index contributed by atoms with van der Waals surface area (Å²) in [6, 6.07) is 56.3. The fraction of sp³-hybridized carbons (Fsp3) is 0. The Balaban J connectivity index is 1.10. The van der Waals surface area contributed by atoms with Gasteiger partial charge in [0.2, 0.25) is 0 Å². The number of aromatic nitrogens is 5. The maximum Gasteiger partial charge on any atom is 0.180 e. The van der Waals surface area contributed by atoms with Crippen LogP contribution in [0.25, 0.3) is 119 Å². The number of thiophene rings is 2. The van der Waals surface area contributed by atoms with E-state index >= 15 is 0 Å². The molecule has 0 aliphatic rings. The molecule has 0 bridgehead atoms. The lowest BCUT2D eigenvalue weighted by atomic mass is 10.0. The second-order valence-electron chi connectivity index (χ2n) is 14.0. The maximum absolute atomic E-state index is 6.51. The second-order valence-corrected chi connectivity index (χ2v) is 16.1. The van der Waals surface area contributed by atoms with E-state index in [-0.39, 0.29) is 0 Å². The fourth-order valence-electron chi connectivity index (χ4n) is 7.92. The summed E-state index contributed by atoms with van der Waals surface area (Å²) in [4.78, 5) is 25.9. The molecule has 0 atom stereocenters. The van der Waals surface area contributed by atoms with Crippen molar-refractivity contribution in [2.24, 2.45) is 0 Å². The third-order valence-electron chi connectivity index (χ3n) is 10.6. The molecule has 0 aliphatic heterocycles. The van der Waals surface area contributed by atoms with Crippen molar-refractivity contribution in [1.82, 2.24) is 24.9 Å². The molecule has 0 saturated carbocycles. The van der Waals surface area contributed by atoms with Crippen molar-refractivity contribution < 1.29 is 4.42 Å². The summed E-state index contributed by atoms with van der Waals surface area (Å²) < 4.78 is 11.2. The van der Waals surface area contributed by atoms with Crippen molar-refractivity contribution in [3.8, 4) is 56.8 Å². The van der Waals surface area contributed by atoms with Crippen LogP contribution in [-0.4, -0.2) is 24.9 Å². The van der Waals surface area contributed by atoms with Crippen LogP contribution in [0.2, 0.25) is 0 Å². The van der Waals surface area contributed by atoms with Crippen LogP contribution in [0.3, 0.4) is 0 Å². The molecular weight excluding hydrogens is 739 g/mol. The highest BCUT2D eigenvalue weighted by Crippen LogP contribution is 2.44. The Bertz CT molecular complexity index is 3540. The second kappa shape index (κ2) is 12.7. The van der Waals surface area contributed by atoms with Gasteiger partial charge in [-0.2, -0.15) is 0 Å². The van der Waals surface area contributed by atoms with Crippen molar-refractivity contribution in [2.45, 2.75) is 0 Å². The van der Waals surface area contributed by atoms with Crippen LogP contribution < -0.4 is 0 Å². The zero-order valence-electron chi connectivity index (χ0n) is 30.0. The molecule has 0 spiro atoms. The number of benzene rings is 7. The van der Waals surface area contributed by atoms with E-state index in [1.807, 2.05) is 66.7 Å². The molecule has 5 aromatic heterocycles. The Morgan fingerprint density at radius 1 is 0.386 bits per heavy atom. The largest absolute Gasteiger partial charge is 0.452 e. The summed E-state index contributed by atoms with van der Waals surface area (Å²) in [5, 5.41) is 5.59. The van der Waals surface area contributed by atoms with Gasteiger partial charge in [0.1, 0.15) is 16.8 Å². The molecule has 0 saturated heterocycles.